The van der Waals surface area contributed by atoms with E-state index in [0.29, 0.717) is 17.0 Å². The van der Waals surface area contributed by atoms with E-state index in [4.69, 9.17) is 4.74 Å². The van der Waals surface area contributed by atoms with Gasteiger partial charge < -0.3 is 10.1 Å². The van der Waals surface area contributed by atoms with Gasteiger partial charge in [-0.3, -0.25) is 14.7 Å². The van der Waals surface area contributed by atoms with Crippen LogP contribution in [0.3, 0.4) is 0 Å². The summed E-state index contributed by atoms with van der Waals surface area (Å²) < 4.78 is 57.7. The van der Waals surface area contributed by atoms with Gasteiger partial charge in [0, 0.05) is 18.3 Å². The minimum atomic E-state index is -4.55. The molecule has 1 aliphatic rings. The molecule has 0 saturated carbocycles. The van der Waals surface area contributed by atoms with Crippen molar-refractivity contribution in [2.75, 3.05) is 6.54 Å². The lowest BCUT2D eigenvalue weighted by Gasteiger charge is -2.28. The van der Waals surface area contributed by atoms with Crippen molar-refractivity contribution in [3.05, 3.63) is 42.1 Å². The first kappa shape index (κ1) is 24.3. The molecule has 1 fully saturated rings. The minimum absolute atomic E-state index is 0.00983. The molecule has 0 aliphatic carbocycles. The first-order chi connectivity index (χ1) is 15.3. The van der Waals surface area contributed by atoms with Crippen LogP contribution >= 0.6 is 0 Å². The van der Waals surface area contributed by atoms with Crippen LogP contribution in [0.5, 0.6) is 0 Å². The molecule has 1 aliphatic heterocycles. The summed E-state index contributed by atoms with van der Waals surface area (Å²) in [6, 6.07) is 2.20. The highest BCUT2D eigenvalue weighted by Gasteiger charge is 2.43. The zero-order chi connectivity index (χ0) is 24.4. The number of nitrogens with one attached hydrogen (secondary N) is 1. The lowest BCUT2D eigenvalue weighted by molar-refractivity contribution is -0.141. The predicted octanol–water partition coefficient (Wildman–Crippen LogP) is 3.52. The number of alkyl halides is 4. The SMILES string of the molecule is CC(C)(C)OC(=O)N1CCC(F)C1C(=O)NCc1cc(-c2ccc(C(F)(F)F)nc2)ncn1. The summed E-state index contributed by atoms with van der Waals surface area (Å²) in [5, 5.41) is 2.54. The van der Waals surface area contributed by atoms with Crippen molar-refractivity contribution >= 4 is 12.0 Å². The van der Waals surface area contributed by atoms with Crippen LogP contribution in [-0.4, -0.2) is 56.2 Å². The molecule has 8 nitrogen and oxygen atoms in total. The summed E-state index contributed by atoms with van der Waals surface area (Å²) in [6.07, 6.45) is -4.64. The van der Waals surface area contributed by atoms with E-state index in [1.54, 1.807) is 20.8 Å². The number of hydrogen-bond donors (Lipinski definition) is 1. The maximum absolute atomic E-state index is 14.4. The Bertz CT molecular complexity index is 1010. The van der Waals surface area contributed by atoms with Crippen LogP contribution in [0.1, 0.15) is 38.6 Å². The number of pyridine rings is 1. The maximum Gasteiger partial charge on any atom is 0.433 e. The Morgan fingerprint density at radius 1 is 1.18 bits per heavy atom. The topological polar surface area (TPSA) is 97.3 Å². The second-order valence-corrected chi connectivity index (χ2v) is 8.47. The van der Waals surface area contributed by atoms with E-state index in [-0.39, 0.29) is 19.5 Å². The first-order valence-corrected chi connectivity index (χ1v) is 10.1. The van der Waals surface area contributed by atoms with Gasteiger partial charge in [0.25, 0.3) is 0 Å². The van der Waals surface area contributed by atoms with Gasteiger partial charge in [0.15, 0.2) is 0 Å². The molecule has 0 radical (unpaired) electrons. The third-order valence-corrected chi connectivity index (χ3v) is 4.74. The van der Waals surface area contributed by atoms with Gasteiger partial charge >= 0.3 is 12.3 Å². The zero-order valence-electron chi connectivity index (χ0n) is 18.2. The summed E-state index contributed by atoms with van der Waals surface area (Å²) >= 11 is 0. The molecule has 178 valence electrons. The van der Waals surface area contributed by atoms with Gasteiger partial charge in [-0.15, -0.1) is 0 Å². The molecule has 2 atom stereocenters. The molecule has 12 heteroatoms. The lowest BCUT2D eigenvalue weighted by atomic mass is 10.1. The van der Waals surface area contributed by atoms with Gasteiger partial charge in [-0.1, -0.05) is 0 Å². The van der Waals surface area contributed by atoms with E-state index in [1.165, 1.54) is 18.5 Å². The fourth-order valence-corrected chi connectivity index (χ4v) is 3.23. The van der Waals surface area contributed by atoms with Crippen LogP contribution in [-0.2, 0) is 22.3 Å². The molecule has 0 bridgehead atoms. The van der Waals surface area contributed by atoms with Crippen molar-refractivity contribution in [2.45, 2.75) is 57.7 Å². The Kier molecular flexibility index (Phi) is 6.84. The smallest absolute Gasteiger partial charge is 0.433 e. The van der Waals surface area contributed by atoms with Crippen LogP contribution in [0.2, 0.25) is 0 Å². The number of nitrogens with zero attached hydrogens (tertiary/aromatic N) is 4. The van der Waals surface area contributed by atoms with E-state index in [9.17, 15) is 27.2 Å². The van der Waals surface area contributed by atoms with Crippen molar-refractivity contribution in [1.29, 1.82) is 0 Å². The minimum Gasteiger partial charge on any atom is -0.444 e. The average molecular weight is 469 g/mol. The lowest BCUT2D eigenvalue weighted by Crippen LogP contribution is -2.50. The Balaban J connectivity index is 1.67. The fourth-order valence-electron chi connectivity index (χ4n) is 3.23. The van der Waals surface area contributed by atoms with Crippen molar-refractivity contribution in [3.8, 4) is 11.3 Å². The van der Waals surface area contributed by atoms with E-state index >= 15 is 0 Å². The third-order valence-electron chi connectivity index (χ3n) is 4.74. The van der Waals surface area contributed by atoms with Gasteiger partial charge in [0.2, 0.25) is 5.91 Å². The fraction of sp³-hybridized carbons (Fsp3) is 0.476. The number of rotatable bonds is 4. The van der Waals surface area contributed by atoms with Crippen molar-refractivity contribution in [2.24, 2.45) is 0 Å². The number of halogens is 4. The van der Waals surface area contributed by atoms with Gasteiger partial charge in [-0.25, -0.2) is 19.2 Å². The highest BCUT2D eigenvalue weighted by molar-refractivity contribution is 5.87. The van der Waals surface area contributed by atoms with Gasteiger partial charge in [0.05, 0.1) is 17.9 Å². The number of hydrogen-bond acceptors (Lipinski definition) is 6. The van der Waals surface area contributed by atoms with E-state index in [0.717, 1.165) is 17.2 Å². The average Bonchev–Trinajstić information content (AvgIpc) is 3.12. The standard InChI is InChI=1S/C21H23F4N5O3/c1-20(2,3)33-19(32)30-7-6-14(22)17(30)18(31)27-10-13-8-15(29-11-28-13)12-4-5-16(26-9-12)21(23,24)25/h4-5,8-9,11,14,17H,6-7,10H2,1-3H3,(H,27,31). The van der Waals surface area contributed by atoms with Crippen molar-refractivity contribution in [3.63, 3.8) is 0 Å². The van der Waals surface area contributed by atoms with E-state index in [2.05, 4.69) is 20.3 Å². The number of carbonyl (C=O) groups excluding carboxylic acids is 2. The molecule has 3 heterocycles. The molecule has 0 aromatic carbocycles. The number of amides is 2. The summed E-state index contributed by atoms with van der Waals surface area (Å²) in [5.74, 6) is -0.706. The highest BCUT2D eigenvalue weighted by atomic mass is 19.4. The summed E-state index contributed by atoms with van der Waals surface area (Å²) in [7, 11) is 0. The summed E-state index contributed by atoms with van der Waals surface area (Å²) in [4.78, 5) is 37.5. The van der Waals surface area contributed by atoms with Gasteiger partial charge in [-0.2, -0.15) is 13.2 Å². The van der Waals surface area contributed by atoms with Crippen LogP contribution in [0.15, 0.2) is 30.7 Å². The molecular formula is C21H23F4N5O3. The molecule has 1 N–H and O–H groups in total. The van der Waals surface area contributed by atoms with Gasteiger partial charge in [-0.05, 0) is 45.4 Å². The van der Waals surface area contributed by atoms with E-state index < -0.39 is 41.7 Å². The Labute approximate surface area is 187 Å². The molecule has 2 aromatic heterocycles. The van der Waals surface area contributed by atoms with Crippen LogP contribution < -0.4 is 5.32 Å². The molecule has 1 saturated heterocycles. The summed E-state index contributed by atoms with van der Waals surface area (Å²) in [5.41, 5.74) is -0.856. The number of carbonyl (C=O) groups is 2. The van der Waals surface area contributed by atoms with Crippen molar-refractivity contribution < 1.29 is 31.9 Å². The predicted molar refractivity (Wildman–Crippen MR) is 108 cm³/mol. The Hall–Kier alpha value is -3.31. The Morgan fingerprint density at radius 2 is 1.91 bits per heavy atom. The molecule has 2 aromatic rings. The molecule has 2 unspecified atom stereocenters. The molecule has 3 rings (SSSR count). The number of likely N-dealkylation sites (tertiary alicyclic amines) is 1. The number of ether oxygens (including phenoxy) is 1. The largest absolute Gasteiger partial charge is 0.444 e. The normalized spacial score (nSPS) is 18.8. The summed E-state index contributed by atoms with van der Waals surface area (Å²) in [6.45, 7) is 4.95. The molecule has 0 spiro atoms. The molecule has 2 amide bonds. The third kappa shape index (κ3) is 6.14. The Morgan fingerprint density at radius 3 is 2.52 bits per heavy atom. The molecule has 33 heavy (non-hydrogen) atoms. The second kappa shape index (κ2) is 9.28. The second-order valence-electron chi connectivity index (χ2n) is 8.47. The van der Waals surface area contributed by atoms with Crippen LogP contribution in [0.25, 0.3) is 11.3 Å². The molecular weight excluding hydrogens is 446 g/mol. The van der Waals surface area contributed by atoms with Crippen LogP contribution in [0.4, 0.5) is 22.4 Å². The zero-order valence-corrected chi connectivity index (χ0v) is 18.2. The van der Waals surface area contributed by atoms with Crippen LogP contribution in [0, 0.1) is 0 Å². The maximum atomic E-state index is 14.4. The van der Waals surface area contributed by atoms with E-state index in [1.807, 2.05) is 0 Å². The van der Waals surface area contributed by atoms with Crippen molar-refractivity contribution in [1.82, 2.24) is 25.2 Å². The first-order valence-electron chi connectivity index (χ1n) is 10.1. The van der Waals surface area contributed by atoms with Gasteiger partial charge in [0.1, 0.15) is 29.8 Å². The monoisotopic (exact) mass is 469 g/mol. The quantitative estimate of drug-likeness (QED) is 0.689. The highest BCUT2D eigenvalue weighted by Crippen LogP contribution is 2.28. The number of aromatic nitrogens is 3.